The lowest BCUT2D eigenvalue weighted by Crippen LogP contribution is -2.43. The highest BCUT2D eigenvalue weighted by molar-refractivity contribution is 5.85. The van der Waals surface area contributed by atoms with Gasteiger partial charge in [-0.15, -0.1) is 4.68 Å². The molecule has 0 bridgehead atoms. The van der Waals surface area contributed by atoms with Crippen molar-refractivity contribution in [2.75, 3.05) is 7.11 Å². The molecular formula is C11H7F5N3O2+. The van der Waals surface area contributed by atoms with E-state index in [1.807, 2.05) is 0 Å². The first-order chi connectivity index (χ1) is 9.88. The first kappa shape index (κ1) is 14.9. The summed E-state index contributed by atoms with van der Waals surface area (Å²) in [6.45, 7) is -0.823. The third-order valence-electron chi connectivity index (χ3n) is 2.67. The van der Waals surface area contributed by atoms with E-state index < -0.39 is 47.2 Å². The molecule has 0 aliphatic carbocycles. The maximum atomic E-state index is 13.5. The second-order valence-corrected chi connectivity index (χ2v) is 3.87. The van der Waals surface area contributed by atoms with Crippen LogP contribution in [0, 0.1) is 29.1 Å². The van der Waals surface area contributed by atoms with Crippen LogP contribution in [-0.4, -0.2) is 23.4 Å². The molecule has 0 aliphatic heterocycles. The maximum Gasteiger partial charge on any atom is 0.384 e. The number of ether oxygens (including phenoxy) is 1. The number of hydrogen-bond acceptors (Lipinski definition) is 3. The Balaban J connectivity index is 2.51. The Bertz CT molecular complexity index is 687. The van der Waals surface area contributed by atoms with Crippen molar-refractivity contribution in [3.8, 4) is 0 Å². The molecule has 0 unspecified atom stereocenters. The fourth-order valence-corrected chi connectivity index (χ4v) is 1.62. The average molecular weight is 308 g/mol. The Morgan fingerprint density at radius 3 is 2.19 bits per heavy atom. The summed E-state index contributed by atoms with van der Waals surface area (Å²) in [7, 11) is 1.05. The summed E-state index contributed by atoms with van der Waals surface area (Å²) in [5, 5.41) is 5.61. The quantitative estimate of drug-likeness (QED) is 0.305. The number of halogens is 5. The number of aromatic nitrogens is 3. The maximum absolute atomic E-state index is 13.5. The van der Waals surface area contributed by atoms with Crippen molar-refractivity contribution in [2.24, 2.45) is 0 Å². The molecule has 0 amide bonds. The zero-order valence-electron chi connectivity index (χ0n) is 10.4. The van der Waals surface area contributed by atoms with Crippen LogP contribution in [0.1, 0.15) is 16.1 Å². The first-order valence-corrected chi connectivity index (χ1v) is 5.40. The minimum absolute atomic E-state index is 0.249. The molecule has 21 heavy (non-hydrogen) atoms. The Kier molecular flexibility index (Phi) is 3.87. The number of esters is 1. The number of nitrogens with one attached hydrogen (secondary N) is 1. The minimum atomic E-state index is -2.25. The van der Waals surface area contributed by atoms with Crippen LogP contribution in [0.15, 0.2) is 6.20 Å². The minimum Gasteiger partial charge on any atom is -0.463 e. The monoisotopic (exact) mass is 308 g/mol. The smallest absolute Gasteiger partial charge is 0.384 e. The highest BCUT2D eigenvalue weighted by Crippen LogP contribution is 2.22. The van der Waals surface area contributed by atoms with Gasteiger partial charge in [0.15, 0.2) is 23.3 Å². The van der Waals surface area contributed by atoms with Crippen LogP contribution in [-0.2, 0) is 11.3 Å². The Morgan fingerprint density at radius 1 is 1.14 bits per heavy atom. The van der Waals surface area contributed by atoms with Gasteiger partial charge in [0.05, 0.1) is 12.7 Å². The van der Waals surface area contributed by atoms with Crippen LogP contribution in [0.5, 0.6) is 0 Å². The molecular weight excluding hydrogens is 301 g/mol. The SMILES string of the molecule is COC(=O)c1cn[nH][n+]1Cc1c(F)c(F)c(F)c(F)c1F. The molecule has 0 radical (unpaired) electrons. The number of rotatable bonds is 3. The average Bonchev–Trinajstić information content (AvgIpc) is 2.95. The molecule has 5 nitrogen and oxygen atoms in total. The molecule has 0 saturated heterocycles. The van der Waals surface area contributed by atoms with Gasteiger partial charge in [0.25, 0.3) is 5.69 Å². The van der Waals surface area contributed by atoms with Gasteiger partial charge in [-0.3, -0.25) is 0 Å². The van der Waals surface area contributed by atoms with Gasteiger partial charge in [-0.05, 0) is 0 Å². The summed E-state index contributed by atoms with van der Waals surface area (Å²) in [5.74, 6) is -11.2. The van der Waals surface area contributed by atoms with Crippen molar-refractivity contribution in [2.45, 2.75) is 6.54 Å². The fourth-order valence-electron chi connectivity index (χ4n) is 1.62. The zero-order valence-corrected chi connectivity index (χ0v) is 10.4. The lowest BCUT2D eigenvalue weighted by Gasteiger charge is -2.06. The summed E-state index contributed by atoms with van der Waals surface area (Å²) in [4.78, 5) is 11.3. The standard InChI is InChI=1S/C11H6F5N3O2/c1-21-11(20)5-2-17-18-19(5)3-4-6(12)8(14)10(16)9(15)7(4)13/h2H,3H2,1H3/p+1. The van der Waals surface area contributed by atoms with Crippen molar-refractivity contribution in [3.63, 3.8) is 0 Å². The third kappa shape index (κ3) is 2.43. The fraction of sp³-hybridized carbons (Fsp3) is 0.182. The van der Waals surface area contributed by atoms with Gasteiger partial charge in [0.1, 0.15) is 6.54 Å². The number of nitrogens with zero attached hydrogens (tertiary/aromatic N) is 2. The van der Waals surface area contributed by atoms with Gasteiger partial charge < -0.3 is 4.74 Å². The van der Waals surface area contributed by atoms with Crippen LogP contribution in [0.3, 0.4) is 0 Å². The van der Waals surface area contributed by atoms with Gasteiger partial charge >= 0.3 is 5.97 Å². The molecule has 112 valence electrons. The largest absolute Gasteiger partial charge is 0.463 e. The number of H-pyrrole nitrogens is 1. The van der Waals surface area contributed by atoms with Gasteiger partial charge in [-0.2, -0.15) is 0 Å². The molecule has 1 aromatic heterocycles. The van der Waals surface area contributed by atoms with E-state index in [0.717, 1.165) is 18.0 Å². The summed E-state index contributed by atoms with van der Waals surface area (Å²) < 4.78 is 71.3. The summed E-state index contributed by atoms with van der Waals surface area (Å²) in [6.07, 6.45) is 0.984. The van der Waals surface area contributed by atoms with E-state index in [1.165, 1.54) is 0 Å². The van der Waals surface area contributed by atoms with E-state index in [4.69, 9.17) is 0 Å². The Labute approximate surface area is 113 Å². The lowest BCUT2D eigenvalue weighted by atomic mass is 10.1. The van der Waals surface area contributed by atoms with Crippen LogP contribution in [0.2, 0.25) is 0 Å². The highest BCUT2D eigenvalue weighted by atomic mass is 19.2. The van der Waals surface area contributed by atoms with Crippen molar-refractivity contribution in [1.29, 1.82) is 0 Å². The molecule has 2 aromatic rings. The molecule has 0 fully saturated rings. The number of carbonyl (C=O) groups is 1. The van der Waals surface area contributed by atoms with E-state index in [2.05, 4.69) is 15.0 Å². The van der Waals surface area contributed by atoms with E-state index in [-0.39, 0.29) is 5.69 Å². The molecule has 2 rings (SSSR count). The van der Waals surface area contributed by atoms with E-state index >= 15 is 0 Å². The predicted octanol–water partition coefficient (Wildman–Crippen LogP) is 1.23. The van der Waals surface area contributed by atoms with Crippen molar-refractivity contribution in [1.82, 2.24) is 10.3 Å². The first-order valence-electron chi connectivity index (χ1n) is 5.40. The topological polar surface area (TPSA) is 58.9 Å². The molecule has 0 spiro atoms. The molecule has 1 aromatic carbocycles. The summed E-state index contributed by atoms with van der Waals surface area (Å²) >= 11 is 0. The Hall–Kier alpha value is -2.52. The number of aromatic amines is 1. The number of methoxy groups -OCH3 is 1. The van der Waals surface area contributed by atoms with Gasteiger partial charge in [-0.1, -0.05) is 5.21 Å². The molecule has 10 heteroatoms. The zero-order chi connectivity index (χ0) is 15.7. The highest BCUT2D eigenvalue weighted by Gasteiger charge is 2.29. The summed E-state index contributed by atoms with van der Waals surface area (Å²) in [5.41, 5.74) is -1.35. The van der Waals surface area contributed by atoms with Gasteiger partial charge in [-0.25, -0.2) is 26.7 Å². The van der Waals surface area contributed by atoms with E-state index in [9.17, 15) is 26.7 Å². The van der Waals surface area contributed by atoms with Crippen LogP contribution in [0.25, 0.3) is 0 Å². The van der Waals surface area contributed by atoms with Crippen LogP contribution in [0.4, 0.5) is 22.0 Å². The normalized spacial score (nSPS) is 10.8. The number of benzene rings is 1. The third-order valence-corrected chi connectivity index (χ3v) is 2.67. The Morgan fingerprint density at radius 2 is 1.67 bits per heavy atom. The van der Waals surface area contributed by atoms with Crippen LogP contribution < -0.4 is 4.68 Å². The van der Waals surface area contributed by atoms with Crippen molar-refractivity contribution in [3.05, 3.63) is 46.5 Å². The molecule has 1 N–H and O–H groups in total. The predicted molar refractivity (Wildman–Crippen MR) is 55.5 cm³/mol. The second kappa shape index (κ2) is 5.46. The lowest BCUT2D eigenvalue weighted by molar-refractivity contribution is -0.748. The second-order valence-electron chi connectivity index (χ2n) is 3.87. The van der Waals surface area contributed by atoms with Crippen molar-refractivity contribution < 1.29 is 36.2 Å². The van der Waals surface area contributed by atoms with Gasteiger partial charge in [0.2, 0.25) is 12.0 Å². The van der Waals surface area contributed by atoms with Crippen molar-refractivity contribution >= 4 is 5.97 Å². The molecule has 0 aliphatic rings. The molecule has 1 heterocycles. The molecule has 0 saturated carbocycles. The number of carbonyl (C=O) groups excluding carboxylic acids is 1. The van der Waals surface area contributed by atoms with E-state index in [0.29, 0.717) is 0 Å². The van der Waals surface area contributed by atoms with Crippen LogP contribution >= 0.6 is 0 Å². The van der Waals surface area contributed by atoms with Gasteiger partial charge in [0, 0.05) is 5.10 Å². The van der Waals surface area contributed by atoms with E-state index in [1.54, 1.807) is 0 Å². The molecule has 0 atom stereocenters. The number of hydrogen-bond donors (Lipinski definition) is 1. The summed E-state index contributed by atoms with van der Waals surface area (Å²) in [6, 6.07) is 0.